The molecule has 0 heterocycles. The normalized spacial score (nSPS) is 16.8. The lowest BCUT2D eigenvalue weighted by atomic mass is 9.89. The Balaban J connectivity index is 1.92. The highest BCUT2D eigenvalue weighted by Gasteiger charge is 2.16. The summed E-state index contributed by atoms with van der Waals surface area (Å²) < 4.78 is 6.47. The first-order chi connectivity index (χ1) is 9.19. The van der Waals surface area contributed by atoms with Gasteiger partial charge in [0.15, 0.2) is 0 Å². The lowest BCUT2D eigenvalue weighted by Crippen LogP contribution is -2.26. The molecule has 106 valence electrons. The molecule has 2 nitrogen and oxygen atoms in total. The van der Waals surface area contributed by atoms with Crippen LogP contribution in [0.1, 0.15) is 37.7 Å². The number of ether oxygens (including phenoxy) is 1. The summed E-state index contributed by atoms with van der Waals surface area (Å²) in [6.45, 7) is 2.19. The average Bonchev–Trinajstić information content (AvgIpc) is 2.42. The van der Waals surface area contributed by atoms with Crippen molar-refractivity contribution < 1.29 is 4.74 Å². The van der Waals surface area contributed by atoms with E-state index >= 15 is 0 Å². The van der Waals surface area contributed by atoms with Gasteiger partial charge in [0.2, 0.25) is 0 Å². The standard InChI is InChI=1S/C16H24BrNO/c1-18(11-13-6-4-3-5-7-13)12-14-10-15(19-2)8-9-16(14)17/h8-10,13H,3-7,11-12H2,1-2H3. The van der Waals surface area contributed by atoms with Crippen LogP contribution in [0.3, 0.4) is 0 Å². The van der Waals surface area contributed by atoms with Gasteiger partial charge in [0.05, 0.1) is 7.11 Å². The first-order valence-corrected chi connectivity index (χ1v) is 7.99. The second-order valence-corrected chi connectivity index (χ2v) is 6.51. The summed E-state index contributed by atoms with van der Waals surface area (Å²) in [5.74, 6) is 1.83. The van der Waals surface area contributed by atoms with Gasteiger partial charge in [-0.3, -0.25) is 0 Å². The van der Waals surface area contributed by atoms with E-state index in [1.807, 2.05) is 6.07 Å². The number of hydrogen-bond donors (Lipinski definition) is 0. The molecule has 0 saturated heterocycles. The van der Waals surface area contributed by atoms with Crippen molar-refractivity contribution >= 4 is 15.9 Å². The summed E-state index contributed by atoms with van der Waals surface area (Å²) in [7, 11) is 3.94. The molecule has 0 atom stereocenters. The maximum atomic E-state index is 5.30. The number of rotatable bonds is 5. The van der Waals surface area contributed by atoms with E-state index in [0.29, 0.717) is 0 Å². The molecule has 0 N–H and O–H groups in total. The first kappa shape index (κ1) is 14.9. The Labute approximate surface area is 125 Å². The first-order valence-electron chi connectivity index (χ1n) is 7.20. The van der Waals surface area contributed by atoms with E-state index in [2.05, 4.69) is 40.0 Å². The minimum Gasteiger partial charge on any atom is -0.497 e. The zero-order valence-electron chi connectivity index (χ0n) is 12.0. The van der Waals surface area contributed by atoms with Gasteiger partial charge in [-0.1, -0.05) is 35.2 Å². The second-order valence-electron chi connectivity index (χ2n) is 5.66. The molecule has 1 aliphatic carbocycles. The molecule has 1 fully saturated rings. The Kier molecular flexibility index (Phi) is 5.71. The van der Waals surface area contributed by atoms with Crippen LogP contribution in [-0.4, -0.2) is 25.6 Å². The largest absolute Gasteiger partial charge is 0.497 e. The molecular formula is C16H24BrNO. The SMILES string of the molecule is COc1ccc(Br)c(CN(C)CC2CCCCC2)c1. The molecule has 19 heavy (non-hydrogen) atoms. The van der Waals surface area contributed by atoms with E-state index in [9.17, 15) is 0 Å². The summed E-state index contributed by atoms with van der Waals surface area (Å²) >= 11 is 3.63. The molecule has 0 spiro atoms. The molecule has 0 bridgehead atoms. The Morgan fingerprint density at radius 3 is 2.68 bits per heavy atom. The summed E-state index contributed by atoms with van der Waals surface area (Å²) in [6, 6.07) is 6.19. The summed E-state index contributed by atoms with van der Waals surface area (Å²) in [5.41, 5.74) is 1.30. The van der Waals surface area contributed by atoms with Crippen molar-refractivity contribution in [2.24, 2.45) is 5.92 Å². The number of benzene rings is 1. The minimum absolute atomic E-state index is 0.892. The van der Waals surface area contributed by atoms with Gasteiger partial charge < -0.3 is 9.64 Å². The van der Waals surface area contributed by atoms with Gasteiger partial charge >= 0.3 is 0 Å². The van der Waals surface area contributed by atoms with Crippen LogP contribution in [0, 0.1) is 5.92 Å². The fraction of sp³-hybridized carbons (Fsp3) is 0.625. The topological polar surface area (TPSA) is 12.5 Å². The smallest absolute Gasteiger partial charge is 0.119 e. The maximum absolute atomic E-state index is 5.30. The van der Waals surface area contributed by atoms with Crippen LogP contribution >= 0.6 is 15.9 Å². The Bertz CT molecular complexity index is 402. The molecule has 2 rings (SSSR count). The Morgan fingerprint density at radius 2 is 2.00 bits per heavy atom. The summed E-state index contributed by atoms with van der Waals surface area (Å²) in [5, 5.41) is 0. The third-order valence-electron chi connectivity index (χ3n) is 3.99. The lowest BCUT2D eigenvalue weighted by molar-refractivity contribution is 0.227. The van der Waals surface area contributed by atoms with E-state index in [-0.39, 0.29) is 0 Å². The van der Waals surface area contributed by atoms with Crippen molar-refractivity contribution in [1.29, 1.82) is 0 Å². The van der Waals surface area contributed by atoms with Crippen molar-refractivity contribution in [3.8, 4) is 5.75 Å². The van der Waals surface area contributed by atoms with Gasteiger partial charge in [-0.05, 0) is 49.6 Å². The monoisotopic (exact) mass is 325 g/mol. The quantitative estimate of drug-likeness (QED) is 0.791. The van der Waals surface area contributed by atoms with Crippen molar-refractivity contribution in [3.05, 3.63) is 28.2 Å². The Morgan fingerprint density at radius 1 is 1.26 bits per heavy atom. The van der Waals surface area contributed by atoms with Crippen LogP contribution in [0.4, 0.5) is 0 Å². The van der Waals surface area contributed by atoms with Crippen LogP contribution in [0.25, 0.3) is 0 Å². The van der Waals surface area contributed by atoms with E-state index < -0.39 is 0 Å². The van der Waals surface area contributed by atoms with Crippen LogP contribution in [0.15, 0.2) is 22.7 Å². The zero-order valence-corrected chi connectivity index (χ0v) is 13.6. The number of nitrogens with zero attached hydrogens (tertiary/aromatic N) is 1. The second kappa shape index (κ2) is 7.30. The van der Waals surface area contributed by atoms with Crippen LogP contribution in [0.5, 0.6) is 5.75 Å². The third kappa shape index (κ3) is 4.50. The van der Waals surface area contributed by atoms with Gasteiger partial charge in [0, 0.05) is 17.6 Å². The lowest BCUT2D eigenvalue weighted by Gasteiger charge is -2.27. The van der Waals surface area contributed by atoms with Crippen molar-refractivity contribution in [2.45, 2.75) is 38.6 Å². The minimum atomic E-state index is 0.892. The Hall–Kier alpha value is -0.540. The average molecular weight is 326 g/mol. The third-order valence-corrected chi connectivity index (χ3v) is 4.76. The van der Waals surface area contributed by atoms with Crippen molar-refractivity contribution in [1.82, 2.24) is 4.90 Å². The molecule has 0 radical (unpaired) electrons. The number of hydrogen-bond acceptors (Lipinski definition) is 2. The fourth-order valence-electron chi connectivity index (χ4n) is 2.97. The van der Waals surface area contributed by atoms with E-state index in [4.69, 9.17) is 4.74 Å². The van der Waals surface area contributed by atoms with Gasteiger partial charge in [-0.15, -0.1) is 0 Å². The molecule has 1 aromatic carbocycles. The predicted octanol–water partition coefficient (Wildman–Crippen LogP) is 4.47. The van der Waals surface area contributed by atoms with Gasteiger partial charge in [-0.25, -0.2) is 0 Å². The fourth-order valence-corrected chi connectivity index (χ4v) is 3.34. The van der Waals surface area contributed by atoms with E-state index in [1.165, 1.54) is 48.7 Å². The van der Waals surface area contributed by atoms with Gasteiger partial charge in [0.1, 0.15) is 5.75 Å². The molecule has 3 heteroatoms. The highest BCUT2D eigenvalue weighted by Crippen LogP contribution is 2.26. The highest BCUT2D eigenvalue weighted by molar-refractivity contribution is 9.10. The molecule has 0 aliphatic heterocycles. The molecule has 0 amide bonds. The van der Waals surface area contributed by atoms with Crippen LogP contribution in [-0.2, 0) is 6.54 Å². The van der Waals surface area contributed by atoms with Crippen LogP contribution < -0.4 is 4.74 Å². The van der Waals surface area contributed by atoms with Crippen LogP contribution in [0.2, 0.25) is 0 Å². The molecule has 0 aromatic heterocycles. The summed E-state index contributed by atoms with van der Waals surface area (Å²) in [6.07, 6.45) is 7.08. The molecule has 0 unspecified atom stereocenters. The molecule has 1 saturated carbocycles. The molecular weight excluding hydrogens is 302 g/mol. The van der Waals surface area contributed by atoms with Gasteiger partial charge in [-0.2, -0.15) is 0 Å². The van der Waals surface area contributed by atoms with Crippen molar-refractivity contribution in [2.75, 3.05) is 20.7 Å². The molecule has 1 aliphatic rings. The maximum Gasteiger partial charge on any atom is 0.119 e. The zero-order chi connectivity index (χ0) is 13.7. The van der Waals surface area contributed by atoms with Crippen molar-refractivity contribution in [3.63, 3.8) is 0 Å². The van der Waals surface area contributed by atoms with Gasteiger partial charge in [0.25, 0.3) is 0 Å². The molecule has 1 aromatic rings. The highest BCUT2D eigenvalue weighted by atomic mass is 79.9. The van der Waals surface area contributed by atoms with E-state index in [0.717, 1.165) is 18.2 Å². The summed E-state index contributed by atoms with van der Waals surface area (Å²) in [4.78, 5) is 2.44. The van der Waals surface area contributed by atoms with E-state index in [1.54, 1.807) is 7.11 Å². The number of methoxy groups -OCH3 is 1. The number of halogens is 1. The predicted molar refractivity (Wildman–Crippen MR) is 83.6 cm³/mol.